The molecule has 1 aromatic rings. The molecule has 1 N–H and O–H groups in total. The lowest BCUT2D eigenvalue weighted by atomic mass is 10.1. The molecule has 21 heavy (non-hydrogen) atoms. The molecule has 0 radical (unpaired) electrons. The van der Waals surface area contributed by atoms with Crippen LogP contribution in [-0.4, -0.2) is 59.5 Å². The molecule has 2 heterocycles. The summed E-state index contributed by atoms with van der Waals surface area (Å²) in [5, 5.41) is 10.5. The highest BCUT2D eigenvalue weighted by molar-refractivity contribution is 7.12. The Morgan fingerprint density at radius 3 is 2.90 bits per heavy atom. The van der Waals surface area contributed by atoms with Crippen molar-refractivity contribution < 1.29 is 14.7 Å². The maximum Gasteiger partial charge on any atom is 0.328 e. The van der Waals surface area contributed by atoms with Gasteiger partial charge in [-0.15, -0.1) is 11.3 Å². The van der Waals surface area contributed by atoms with Crippen LogP contribution < -0.4 is 0 Å². The Morgan fingerprint density at radius 1 is 1.48 bits per heavy atom. The van der Waals surface area contributed by atoms with Gasteiger partial charge in [-0.25, -0.2) is 4.79 Å². The first-order valence-corrected chi connectivity index (χ1v) is 7.89. The van der Waals surface area contributed by atoms with Crippen LogP contribution in [0.2, 0.25) is 0 Å². The number of nitrogens with zero attached hydrogens (tertiary/aromatic N) is 2. The van der Waals surface area contributed by atoms with Crippen molar-refractivity contribution in [3.8, 4) is 0 Å². The Morgan fingerprint density at radius 2 is 2.24 bits per heavy atom. The number of hydrogen-bond donors (Lipinski definition) is 1. The Bertz CT molecular complexity index is 553. The maximum atomic E-state index is 12.6. The van der Waals surface area contributed by atoms with Gasteiger partial charge in [0.25, 0.3) is 5.91 Å². The number of carboxylic acid groups (broad SMARTS) is 1. The zero-order valence-corrected chi connectivity index (χ0v) is 13.1. The van der Waals surface area contributed by atoms with E-state index in [1.165, 1.54) is 17.4 Å². The fourth-order valence-corrected chi connectivity index (χ4v) is 3.35. The maximum absolute atomic E-state index is 12.6. The van der Waals surface area contributed by atoms with Crippen molar-refractivity contribution in [2.75, 3.05) is 26.7 Å². The van der Waals surface area contributed by atoms with Crippen LogP contribution in [-0.2, 0) is 4.79 Å². The first kappa shape index (κ1) is 15.7. The highest BCUT2D eigenvalue weighted by Crippen LogP contribution is 2.22. The topological polar surface area (TPSA) is 60.9 Å². The van der Waals surface area contributed by atoms with Crippen LogP contribution in [0.4, 0.5) is 0 Å². The van der Waals surface area contributed by atoms with Crippen LogP contribution in [0.5, 0.6) is 0 Å². The van der Waals surface area contributed by atoms with Gasteiger partial charge in [0.2, 0.25) is 0 Å². The summed E-state index contributed by atoms with van der Waals surface area (Å²) in [4.78, 5) is 28.0. The van der Waals surface area contributed by atoms with E-state index in [1.54, 1.807) is 6.07 Å². The van der Waals surface area contributed by atoms with Crippen molar-refractivity contribution in [3.05, 3.63) is 28.0 Å². The Kier molecular flexibility index (Phi) is 5.14. The summed E-state index contributed by atoms with van der Waals surface area (Å²) in [6.45, 7) is 4.44. The average molecular weight is 308 g/mol. The summed E-state index contributed by atoms with van der Waals surface area (Å²) in [5.74, 6) is -1.01. The number of hydrogen-bond acceptors (Lipinski definition) is 4. The number of carbonyl (C=O) groups is 2. The quantitative estimate of drug-likeness (QED) is 0.864. The first-order valence-electron chi connectivity index (χ1n) is 7.01. The molecule has 1 aliphatic heterocycles. The molecular weight excluding hydrogens is 288 g/mol. The summed E-state index contributed by atoms with van der Waals surface area (Å²) >= 11 is 1.36. The second kappa shape index (κ2) is 6.87. The summed E-state index contributed by atoms with van der Waals surface area (Å²) in [6.07, 6.45) is 3.56. The molecule has 0 spiro atoms. The highest BCUT2D eigenvalue weighted by Gasteiger charge is 2.28. The second-order valence-electron chi connectivity index (χ2n) is 5.17. The smallest absolute Gasteiger partial charge is 0.328 e. The van der Waals surface area contributed by atoms with Crippen LogP contribution in [0.15, 0.2) is 17.5 Å². The minimum atomic E-state index is -1.01. The van der Waals surface area contributed by atoms with Crippen LogP contribution in [0, 0.1) is 0 Å². The number of rotatable bonds is 4. The van der Waals surface area contributed by atoms with E-state index in [0.717, 1.165) is 25.6 Å². The number of thiophene rings is 1. The zero-order chi connectivity index (χ0) is 15.4. The Hall–Kier alpha value is -1.66. The van der Waals surface area contributed by atoms with E-state index in [9.17, 15) is 9.59 Å². The molecule has 0 aromatic carbocycles. The van der Waals surface area contributed by atoms with Gasteiger partial charge in [0.05, 0.1) is 4.88 Å². The van der Waals surface area contributed by atoms with Gasteiger partial charge >= 0.3 is 5.97 Å². The number of carbonyl (C=O) groups excluding carboxylic acids is 1. The normalized spacial score (nSPS) is 20.1. The minimum absolute atomic E-state index is 0.00147. The molecule has 1 atom stereocenters. The summed E-state index contributed by atoms with van der Waals surface area (Å²) in [6, 6.07) is 2.17. The van der Waals surface area contributed by atoms with Crippen molar-refractivity contribution >= 4 is 29.3 Å². The second-order valence-corrected chi connectivity index (χ2v) is 6.09. The standard InChI is InChI=1S/C15H20N2O3S/c1-3-12-10-17(8-7-16(12)2)15(20)14-11(6-9-21-14)4-5-13(18)19/h4-6,9,12H,3,7-8,10H2,1-2H3,(H,18,19). The third kappa shape index (κ3) is 3.71. The van der Waals surface area contributed by atoms with Crippen LogP contribution in [0.3, 0.4) is 0 Å². The molecule has 114 valence electrons. The molecule has 0 saturated carbocycles. The van der Waals surface area contributed by atoms with Gasteiger partial charge in [-0.1, -0.05) is 6.92 Å². The van der Waals surface area contributed by atoms with Crippen LogP contribution >= 0.6 is 11.3 Å². The lowest BCUT2D eigenvalue weighted by Gasteiger charge is -2.39. The van der Waals surface area contributed by atoms with E-state index in [2.05, 4.69) is 18.9 Å². The predicted molar refractivity (Wildman–Crippen MR) is 83.6 cm³/mol. The fraction of sp³-hybridized carbons (Fsp3) is 0.467. The van der Waals surface area contributed by atoms with Gasteiger partial charge < -0.3 is 10.0 Å². The lowest BCUT2D eigenvalue weighted by Crippen LogP contribution is -2.52. The largest absolute Gasteiger partial charge is 0.478 e. The summed E-state index contributed by atoms with van der Waals surface area (Å²) < 4.78 is 0. The number of piperazine rings is 1. The van der Waals surface area contributed by atoms with Crippen molar-refractivity contribution in [1.29, 1.82) is 0 Å². The molecule has 6 heteroatoms. The van der Waals surface area contributed by atoms with E-state index in [4.69, 9.17) is 5.11 Å². The van der Waals surface area contributed by atoms with Gasteiger partial charge in [0, 0.05) is 31.8 Å². The molecule has 0 bridgehead atoms. The van der Waals surface area contributed by atoms with Crippen molar-refractivity contribution in [1.82, 2.24) is 9.80 Å². The number of amides is 1. The van der Waals surface area contributed by atoms with E-state index in [-0.39, 0.29) is 5.91 Å². The molecule has 1 aromatic heterocycles. The first-order chi connectivity index (χ1) is 10.0. The van der Waals surface area contributed by atoms with Crippen molar-refractivity contribution in [3.63, 3.8) is 0 Å². The monoisotopic (exact) mass is 308 g/mol. The van der Waals surface area contributed by atoms with Crippen molar-refractivity contribution in [2.45, 2.75) is 19.4 Å². The summed E-state index contributed by atoms with van der Waals surface area (Å²) in [7, 11) is 2.09. The van der Waals surface area contributed by atoms with Crippen molar-refractivity contribution in [2.24, 2.45) is 0 Å². The van der Waals surface area contributed by atoms with E-state index in [0.29, 0.717) is 23.0 Å². The third-order valence-electron chi connectivity index (χ3n) is 3.83. The molecule has 1 amide bonds. The van der Waals surface area contributed by atoms with Gasteiger partial charge in [0.15, 0.2) is 0 Å². The van der Waals surface area contributed by atoms with Crippen LogP contribution in [0.25, 0.3) is 6.08 Å². The number of likely N-dealkylation sites (N-methyl/N-ethyl adjacent to an activating group) is 1. The average Bonchev–Trinajstić information content (AvgIpc) is 2.93. The predicted octanol–water partition coefficient (Wildman–Crippen LogP) is 2.01. The zero-order valence-electron chi connectivity index (χ0n) is 12.3. The highest BCUT2D eigenvalue weighted by atomic mass is 32.1. The SMILES string of the molecule is CCC1CN(C(=O)c2sccc2C=CC(=O)O)CCN1C. The number of aliphatic carboxylic acids is 1. The molecular formula is C15H20N2O3S. The van der Waals surface area contributed by atoms with E-state index >= 15 is 0 Å². The summed E-state index contributed by atoms with van der Waals surface area (Å²) in [5.41, 5.74) is 0.680. The molecule has 0 aliphatic carbocycles. The minimum Gasteiger partial charge on any atom is -0.478 e. The van der Waals surface area contributed by atoms with Crippen LogP contribution in [0.1, 0.15) is 28.6 Å². The molecule has 1 saturated heterocycles. The van der Waals surface area contributed by atoms with Gasteiger partial charge in [0.1, 0.15) is 0 Å². The molecule has 1 aliphatic rings. The number of carboxylic acids is 1. The third-order valence-corrected chi connectivity index (χ3v) is 4.75. The molecule has 1 unspecified atom stereocenters. The Balaban J connectivity index is 2.14. The van der Waals surface area contributed by atoms with E-state index < -0.39 is 5.97 Å². The Labute approximate surface area is 128 Å². The fourth-order valence-electron chi connectivity index (χ4n) is 2.50. The van der Waals surface area contributed by atoms with Gasteiger partial charge in [-0.3, -0.25) is 9.69 Å². The van der Waals surface area contributed by atoms with Gasteiger partial charge in [-0.05, 0) is 36.6 Å². The van der Waals surface area contributed by atoms with Gasteiger partial charge in [-0.2, -0.15) is 0 Å². The molecule has 2 rings (SSSR count). The molecule has 1 fully saturated rings. The lowest BCUT2D eigenvalue weighted by molar-refractivity contribution is -0.131. The molecule has 5 nitrogen and oxygen atoms in total. The van der Waals surface area contributed by atoms with E-state index in [1.807, 2.05) is 10.3 Å².